The van der Waals surface area contributed by atoms with Gasteiger partial charge in [0, 0.05) is 27.5 Å². The van der Waals surface area contributed by atoms with Crippen LogP contribution in [0.1, 0.15) is 28.9 Å². The largest absolute Gasteiger partial charge is 0.365 e. The highest BCUT2D eigenvalue weighted by Gasteiger charge is 2.26. The van der Waals surface area contributed by atoms with Crippen LogP contribution in [0.2, 0.25) is 0 Å². The van der Waals surface area contributed by atoms with Crippen LogP contribution in [-0.4, -0.2) is 20.4 Å². The Morgan fingerprint density at radius 2 is 1.96 bits per heavy atom. The van der Waals surface area contributed by atoms with E-state index in [4.69, 9.17) is 0 Å². The molecule has 0 aliphatic carbocycles. The molecule has 1 aliphatic heterocycles. The molecule has 0 saturated carbocycles. The molecule has 0 amide bonds. The van der Waals surface area contributed by atoms with Crippen molar-refractivity contribution in [1.82, 2.24) is 9.55 Å². The summed E-state index contributed by atoms with van der Waals surface area (Å²) in [4.78, 5) is 8.64. The number of aliphatic hydroxyl groups excluding tert-OH is 1. The first-order valence-corrected chi connectivity index (χ1v) is 8.21. The fourth-order valence-corrected chi connectivity index (χ4v) is 3.32. The van der Waals surface area contributed by atoms with Crippen molar-refractivity contribution in [1.29, 1.82) is 0 Å². The van der Waals surface area contributed by atoms with Crippen LogP contribution in [0.4, 0.5) is 4.39 Å². The maximum absolute atomic E-state index is 14.4. The van der Waals surface area contributed by atoms with Crippen LogP contribution in [0.5, 0.6) is 0 Å². The zero-order valence-electron chi connectivity index (χ0n) is 12.7. The van der Waals surface area contributed by atoms with Crippen molar-refractivity contribution in [3.05, 3.63) is 81.6 Å². The standard InChI is InChI=1S/C18H13BrFN3O/c1-10-9-21-17-18(24)22-16(12-4-2-3-5-14(12)20)13-8-11(19)6-7-15(13)23(10)17/h2-9,18,24H,1H3. The topological polar surface area (TPSA) is 50.4 Å². The Hall–Kier alpha value is -2.31. The summed E-state index contributed by atoms with van der Waals surface area (Å²) in [6.45, 7) is 1.91. The number of halogens is 2. The van der Waals surface area contributed by atoms with Crippen LogP contribution in [0, 0.1) is 12.7 Å². The zero-order valence-corrected chi connectivity index (χ0v) is 14.3. The van der Waals surface area contributed by atoms with Crippen molar-refractivity contribution in [2.24, 2.45) is 4.99 Å². The van der Waals surface area contributed by atoms with Gasteiger partial charge in [-0.3, -0.25) is 4.57 Å². The molecular weight excluding hydrogens is 373 g/mol. The van der Waals surface area contributed by atoms with E-state index in [0.29, 0.717) is 17.1 Å². The molecule has 0 spiro atoms. The summed E-state index contributed by atoms with van der Waals surface area (Å²) < 4.78 is 17.1. The number of benzene rings is 2. The highest BCUT2D eigenvalue weighted by molar-refractivity contribution is 9.10. The summed E-state index contributed by atoms with van der Waals surface area (Å²) >= 11 is 3.46. The van der Waals surface area contributed by atoms with E-state index in [1.807, 2.05) is 29.7 Å². The van der Waals surface area contributed by atoms with Gasteiger partial charge in [-0.1, -0.05) is 28.1 Å². The van der Waals surface area contributed by atoms with Crippen LogP contribution >= 0.6 is 15.9 Å². The quantitative estimate of drug-likeness (QED) is 0.689. The van der Waals surface area contributed by atoms with E-state index < -0.39 is 6.23 Å². The molecule has 1 N–H and O–H groups in total. The second-order valence-electron chi connectivity index (χ2n) is 5.59. The molecule has 1 atom stereocenters. The van der Waals surface area contributed by atoms with Gasteiger partial charge in [0.15, 0.2) is 5.82 Å². The molecule has 0 bridgehead atoms. The monoisotopic (exact) mass is 385 g/mol. The molecule has 3 aromatic rings. The third-order valence-electron chi connectivity index (χ3n) is 4.03. The van der Waals surface area contributed by atoms with E-state index in [-0.39, 0.29) is 5.82 Å². The second-order valence-corrected chi connectivity index (χ2v) is 6.50. The highest BCUT2D eigenvalue weighted by Crippen LogP contribution is 2.32. The Balaban J connectivity index is 2.07. The van der Waals surface area contributed by atoms with Crippen molar-refractivity contribution in [2.75, 3.05) is 0 Å². The maximum Gasteiger partial charge on any atom is 0.205 e. The number of nitrogens with zero attached hydrogens (tertiary/aromatic N) is 3. The van der Waals surface area contributed by atoms with Crippen LogP contribution in [0.3, 0.4) is 0 Å². The highest BCUT2D eigenvalue weighted by atomic mass is 79.9. The second kappa shape index (κ2) is 5.65. The van der Waals surface area contributed by atoms with Crippen molar-refractivity contribution >= 4 is 21.6 Å². The minimum atomic E-state index is -1.17. The van der Waals surface area contributed by atoms with Gasteiger partial charge in [-0.05, 0) is 37.3 Å². The van der Waals surface area contributed by atoms with Crippen LogP contribution < -0.4 is 0 Å². The molecule has 1 unspecified atom stereocenters. The van der Waals surface area contributed by atoms with E-state index in [9.17, 15) is 9.50 Å². The van der Waals surface area contributed by atoms with Gasteiger partial charge in [0.25, 0.3) is 0 Å². The summed E-state index contributed by atoms with van der Waals surface area (Å²) in [5, 5.41) is 10.5. The molecule has 4 rings (SSSR count). The first kappa shape index (κ1) is 15.2. The third kappa shape index (κ3) is 2.30. The van der Waals surface area contributed by atoms with Gasteiger partial charge >= 0.3 is 0 Å². The lowest BCUT2D eigenvalue weighted by molar-refractivity contribution is 0.177. The molecule has 6 heteroatoms. The molecule has 0 radical (unpaired) electrons. The molecule has 4 nitrogen and oxygen atoms in total. The normalized spacial score (nSPS) is 16.2. The summed E-state index contributed by atoms with van der Waals surface area (Å²) in [7, 11) is 0. The first-order valence-electron chi connectivity index (χ1n) is 7.41. The molecule has 120 valence electrons. The van der Waals surface area contributed by atoms with Gasteiger partial charge in [0.1, 0.15) is 5.82 Å². The molecule has 0 saturated heterocycles. The van der Waals surface area contributed by atoms with Gasteiger partial charge in [-0.15, -0.1) is 0 Å². The van der Waals surface area contributed by atoms with Crippen LogP contribution in [-0.2, 0) is 0 Å². The maximum atomic E-state index is 14.4. The zero-order chi connectivity index (χ0) is 16.8. The number of hydrogen-bond acceptors (Lipinski definition) is 3. The number of hydrogen-bond donors (Lipinski definition) is 1. The number of aliphatic hydroxyl groups is 1. The Kier molecular flexibility index (Phi) is 3.58. The predicted molar refractivity (Wildman–Crippen MR) is 93.0 cm³/mol. The number of aryl methyl sites for hydroxylation is 1. The summed E-state index contributed by atoms with van der Waals surface area (Å²) in [6, 6.07) is 12.1. The fourth-order valence-electron chi connectivity index (χ4n) is 2.96. The average Bonchev–Trinajstić information content (AvgIpc) is 2.89. The van der Waals surface area contributed by atoms with Crippen molar-refractivity contribution in [2.45, 2.75) is 13.2 Å². The van der Waals surface area contributed by atoms with E-state index in [2.05, 4.69) is 25.9 Å². The first-order chi connectivity index (χ1) is 11.6. The minimum Gasteiger partial charge on any atom is -0.365 e. The van der Waals surface area contributed by atoms with Gasteiger partial charge < -0.3 is 5.11 Å². The molecule has 0 fully saturated rings. The number of aliphatic imine (C=N–C) groups is 1. The third-order valence-corrected chi connectivity index (χ3v) is 4.52. The van der Waals surface area contributed by atoms with E-state index >= 15 is 0 Å². The molecule has 1 aliphatic rings. The lowest BCUT2D eigenvalue weighted by atomic mass is 10.00. The molecule has 24 heavy (non-hydrogen) atoms. The van der Waals surface area contributed by atoms with E-state index in [1.165, 1.54) is 6.07 Å². The van der Waals surface area contributed by atoms with E-state index in [0.717, 1.165) is 21.4 Å². The molecule has 2 aromatic carbocycles. The smallest absolute Gasteiger partial charge is 0.205 e. The predicted octanol–water partition coefficient (Wildman–Crippen LogP) is 3.92. The Morgan fingerprint density at radius 3 is 2.75 bits per heavy atom. The SMILES string of the molecule is Cc1cnc2n1-c1ccc(Br)cc1C(c1ccccc1F)=NC2O. The summed E-state index contributed by atoms with van der Waals surface area (Å²) in [5.74, 6) is 0.0352. The molecular formula is C18H13BrFN3O. The van der Waals surface area contributed by atoms with Crippen molar-refractivity contribution in [3.63, 3.8) is 0 Å². The lowest BCUT2D eigenvalue weighted by Gasteiger charge is -2.14. The van der Waals surface area contributed by atoms with Gasteiger partial charge in [0.05, 0.1) is 11.4 Å². The Morgan fingerprint density at radius 1 is 1.17 bits per heavy atom. The Labute approximate surface area is 146 Å². The van der Waals surface area contributed by atoms with Crippen LogP contribution in [0.25, 0.3) is 5.69 Å². The summed E-state index contributed by atoms with van der Waals surface area (Å²) in [5.41, 5.74) is 3.16. The van der Waals surface area contributed by atoms with Gasteiger partial charge in [0.2, 0.25) is 6.23 Å². The van der Waals surface area contributed by atoms with Crippen molar-refractivity contribution in [3.8, 4) is 5.69 Å². The fraction of sp³-hybridized carbons (Fsp3) is 0.111. The van der Waals surface area contributed by atoms with Crippen LogP contribution in [0.15, 0.2) is 58.1 Å². The molecule has 2 heterocycles. The molecule has 1 aromatic heterocycles. The Bertz CT molecular complexity index is 980. The van der Waals surface area contributed by atoms with Gasteiger partial charge in [-0.25, -0.2) is 14.4 Å². The lowest BCUT2D eigenvalue weighted by Crippen LogP contribution is -2.09. The number of imidazole rings is 1. The van der Waals surface area contributed by atoms with E-state index in [1.54, 1.807) is 24.4 Å². The average molecular weight is 386 g/mol. The minimum absolute atomic E-state index is 0.347. The van der Waals surface area contributed by atoms with Gasteiger partial charge in [-0.2, -0.15) is 0 Å². The summed E-state index contributed by atoms with van der Waals surface area (Å²) in [6.07, 6.45) is 0.521. The number of aromatic nitrogens is 2. The van der Waals surface area contributed by atoms with Crippen molar-refractivity contribution < 1.29 is 9.50 Å². The number of rotatable bonds is 1. The number of fused-ring (bicyclic) bond motifs is 3.